The van der Waals surface area contributed by atoms with Crippen molar-refractivity contribution < 1.29 is 9.50 Å². The molecule has 0 fully saturated rings. The number of nitrogens with zero attached hydrogens (tertiary/aromatic N) is 1. The first-order valence-electron chi connectivity index (χ1n) is 3.98. The number of hydrogen-bond donors (Lipinski definition) is 1. The van der Waals surface area contributed by atoms with Crippen molar-refractivity contribution in [3.05, 3.63) is 28.5 Å². The highest BCUT2D eigenvalue weighted by atomic mass is 35.5. The number of nitriles is 1. The zero-order valence-corrected chi connectivity index (χ0v) is 8.56. The Morgan fingerprint density at radius 3 is 2.57 bits per heavy atom. The number of hydrogen-bond acceptors (Lipinski definition) is 2. The molecule has 4 heteroatoms. The molecule has 14 heavy (non-hydrogen) atoms. The van der Waals surface area contributed by atoms with Crippen molar-refractivity contribution in [1.29, 1.82) is 5.26 Å². The average Bonchev–Trinajstić information content (AvgIpc) is 2.11. The average molecular weight is 214 g/mol. The summed E-state index contributed by atoms with van der Waals surface area (Å²) < 4.78 is 13.3. The Bertz CT molecular complexity index is 409. The molecule has 0 aliphatic rings. The Kier molecular flexibility index (Phi) is 2.68. The van der Waals surface area contributed by atoms with Crippen LogP contribution >= 0.6 is 11.6 Å². The molecule has 1 N–H and O–H groups in total. The third-order valence-electron chi connectivity index (χ3n) is 1.99. The van der Waals surface area contributed by atoms with E-state index in [4.69, 9.17) is 22.0 Å². The van der Waals surface area contributed by atoms with Crippen molar-refractivity contribution >= 4 is 11.6 Å². The number of benzene rings is 1. The minimum Gasteiger partial charge on any atom is -0.506 e. The molecule has 0 spiro atoms. The van der Waals surface area contributed by atoms with Crippen molar-refractivity contribution in [2.45, 2.75) is 19.3 Å². The van der Waals surface area contributed by atoms with Crippen LogP contribution in [0, 0.1) is 17.1 Å². The molecule has 0 unspecified atom stereocenters. The van der Waals surface area contributed by atoms with E-state index in [9.17, 15) is 4.39 Å². The molecule has 2 nitrogen and oxygen atoms in total. The van der Waals surface area contributed by atoms with Gasteiger partial charge in [-0.3, -0.25) is 0 Å². The van der Waals surface area contributed by atoms with Crippen molar-refractivity contribution in [3.63, 3.8) is 0 Å². The van der Waals surface area contributed by atoms with Crippen LogP contribution in [-0.2, 0) is 5.41 Å². The number of aromatic hydroxyl groups is 1. The lowest BCUT2D eigenvalue weighted by molar-refractivity contribution is 0.465. The van der Waals surface area contributed by atoms with E-state index in [1.54, 1.807) is 13.8 Å². The van der Waals surface area contributed by atoms with Crippen LogP contribution in [0.3, 0.4) is 0 Å². The maximum atomic E-state index is 13.3. The van der Waals surface area contributed by atoms with Gasteiger partial charge in [-0.25, -0.2) is 4.39 Å². The Labute approximate surface area is 86.5 Å². The van der Waals surface area contributed by atoms with Crippen molar-refractivity contribution in [3.8, 4) is 11.8 Å². The topological polar surface area (TPSA) is 44.0 Å². The predicted octanol–water partition coefficient (Wildman–Crippen LogP) is 2.99. The van der Waals surface area contributed by atoms with E-state index in [0.29, 0.717) is 0 Å². The summed E-state index contributed by atoms with van der Waals surface area (Å²) >= 11 is 5.62. The Hall–Kier alpha value is -1.27. The lowest BCUT2D eigenvalue weighted by Crippen LogP contribution is -2.15. The molecule has 0 aliphatic heterocycles. The second kappa shape index (κ2) is 3.47. The minimum absolute atomic E-state index is 0.0460. The van der Waals surface area contributed by atoms with Gasteiger partial charge in [-0.1, -0.05) is 11.6 Å². The second-order valence-electron chi connectivity index (χ2n) is 3.52. The number of rotatable bonds is 1. The molecule has 1 aromatic carbocycles. The van der Waals surface area contributed by atoms with Gasteiger partial charge in [0.15, 0.2) is 0 Å². The normalized spacial score (nSPS) is 11.1. The van der Waals surface area contributed by atoms with Crippen LogP contribution in [0.15, 0.2) is 12.1 Å². The Morgan fingerprint density at radius 2 is 2.07 bits per heavy atom. The van der Waals surface area contributed by atoms with Gasteiger partial charge >= 0.3 is 0 Å². The van der Waals surface area contributed by atoms with E-state index in [2.05, 4.69) is 0 Å². The van der Waals surface area contributed by atoms with E-state index < -0.39 is 11.2 Å². The first-order chi connectivity index (χ1) is 6.38. The monoisotopic (exact) mass is 213 g/mol. The summed E-state index contributed by atoms with van der Waals surface area (Å²) in [5.74, 6) is -0.944. The quantitative estimate of drug-likeness (QED) is 0.780. The summed E-state index contributed by atoms with van der Waals surface area (Å²) in [5.41, 5.74) is -0.774. The summed E-state index contributed by atoms with van der Waals surface area (Å²) in [6, 6.07) is 4.15. The predicted molar refractivity (Wildman–Crippen MR) is 51.7 cm³/mol. The van der Waals surface area contributed by atoms with Crippen LogP contribution in [-0.4, -0.2) is 5.11 Å². The van der Waals surface area contributed by atoms with E-state index in [-0.39, 0.29) is 16.3 Å². The lowest BCUT2D eigenvalue weighted by atomic mass is 9.86. The molecule has 1 aromatic rings. The molecule has 74 valence electrons. The fourth-order valence-electron chi connectivity index (χ4n) is 1.08. The van der Waals surface area contributed by atoms with Crippen LogP contribution in [0.2, 0.25) is 5.02 Å². The first-order valence-corrected chi connectivity index (χ1v) is 4.36. The summed E-state index contributed by atoms with van der Waals surface area (Å²) in [7, 11) is 0. The highest BCUT2D eigenvalue weighted by molar-refractivity contribution is 6.32. The third-order valence-corrected chi connectivity index (χ3v) is 2.29. The largest absolute Gasteiger partial charge is 0.506 e. The van der Waals surface area contributed by atoms with Crippen molar-refractivity contribution in [1.82, 2.24) is 0 Å². The van der Waals surface area contributed by atoms with Gasteiger partial charge in [-0.2, -0.15) is 5.26 Å². The van der Waals surface area contributed by atoms with Crippen LogP contribution in [0.5, 0.6) is 5.75 Å². The second-order valence-corrected chi connectivity index (χ2v) is 3.93. The molecular weight excluding hydrogens is 205 g/mol. The van der Waals surface area contributed by atoms with Crippen LogP contribution in [0.1, 0.15) is 19.4 Å². The van der Waals surface area contributed by atoms with Crippen LogP contribution in [0.4, 0.5) is 4.39 Å². The maximum Gasteiger partial charge on any atom is 0.137 e. The summed E-state index contributed by atoms with van der Waals surface area (Å²) in [4.78, 5) is 0. The maximum absolute atomic E-state index is 13.3. The van der Waals surface area contributed by atoms with E-state index >= 15 is 0 Å². The third kappa shape index (κ3) is 1.80. The standard InChI is InChI=1S/C10H9ClFNO/c1-10(2,5-13)6-3-7(11)9(14)4-8(6)12/h3-4,14H,1-2H3. The zero-order valence-electron chi connectivity index (χ0n) is 7.81. The first kappa shape index (κ1) is 10.8. The number of halogens is 2. The Balaban J connectivity index is 3.38. The van der Waals surface area contributed by atoms with E-state index in [0.717, 1.165) is 6.07 Å². The van der Waals surface area contributed by atoms with Gasteiger partial charge in [0.2, 0.25) is 0 Å². The van der Waals surface area contributed by atoms with Crippen LogP contribution in [0.25, 0.3) is 0 Å². The highest BCUT2D eigenvalue weighted by Gasteiger charge is 2.25. The minimum atomic E-state index is -0.957. The van der Waals surface area contributed by atoms with Gasteiger partial charge in [-0.05, 0) is 19.9 Å². The molecule has 0 radical (unpaired) electrons. The van der Waals surface area contributed by atoms with Gasteiger partial charge in [0, 0.05) is 11.6 Å². The molecule has 0 saturated heterocycles. The fourth-order valence-corrected chi connectivity index (χ4v) is 1.24. The summed E-state index contributed by atoms with van der Waals surface area (Å²) in [6.45, 7) is 3.16. The highest BCUT2D eigenvalue weighted by Crippen LogP contribution is 2.32. The molecule has 0 saturated carbocycles. The van der Waals surface area contributed by atoms with Crippen molar-refractivity contribution in [2.75, 3.05) is 0 Å². The fraction of sp³-hybridized carbons (Fsp3) is 0.300. The van der Waals surface area contributed by atoms with E-state index in [1.807, 2.05) is 6.07 Å². The molecule has 0 atom stereocenters. The van der Waals surface area contributed by atoms with Gasteiger partial charge < -0.3 is 5.11 Å². The van der Waals surface area contributed by atoms with Gasteiger partial charge in [0.05, 0.1) is 16.5 Å². The zero-order chi connectivity index (χ0) is 10.9. The van der Waals surface area contributed by atoms with E-state index in [1.165, 1.54) is 6.07 Å². The molecule has 0 aromatic heterocycles. The summed E-state index contributed by atoms with van der Waals surface area (Å²) in [5, 5.41) is 18.0. The van der Waals surface area contributed by atoms with Gasteiger partial charge in [-0.15, -0.1) is 0 Å². The van der Waals surface area contributed by atoms with Gasteiger partial charge in [0.25, 0.3) is 0 Å². The molecule has 1 rings (SSSR count). The molecule has 0 aliphatic carbocycles. The van der Waals surface area contributed by atoms with Gasteiger partial charge in [0.1, 0.15) is 11.6 Å². The SMILES string of the molecule is CC(C)(C#N)c1cc(Cl)c(O)cc1F. The smallest absolute Gasteiger partial charge is 0.137 e. The molecular formula is C10H9ClFNO. The number of phenolic OH excluding ortho intramolecular Hbond substituents is 1. The van der Waals surface area contributed by atoms with Crippen molar-refractivity contribution in [2.24, 2.45) is 0 Å². The lowest BCUT2D eigenvalue weighted by Gasteiger charge is -2.17. The molecule has 0 bridgehead atoms. The number of phenols is 1. The Morgan fingerprint density at radius 1 is 1.50 bits per heavy atom. The summed E-state index contributed by atoms with van der Waals surface area (Å²) in [6.07, 6.45) is 0. The molecule has 0 amide bonds. The molecule has 0 heterocycles. The van der Waals surface area contributed by atoms with Crippen LogP contribution < -0.4 is 0 Å².